The molecule has 0 unspecified atom stereocenters. The molecule has 0 saturated carbocycles. The number of aromatic nitrogens is 2. The molecule has 0 bridgehead atoms. The van der Waals surface area contributed by atoms with Crippen LogP contribution in [0.25, 0.3) is 0 Å². The standard InChI is InChI=1S/C9H8F5N3O2S2/c1-17(2)8(18)20-6-15-7(21-16-6)19-3-9(13,14)4(10)5(11)12/h3H2,1-2H3. The summed E-state index contributed by atoms with van der Waals surface area (Å²) in [5, 5.41) is -0.848. The number of alkyl halides is 2. The number of hydrogen-bond acceptors (Lipinski definition) is 6. The van der Waals surface area contributed by atoms with Gasteiger partial charge in [-0.15, -0.1) is 0 Å². The summed E-state index contributed by atoms with van der Waals surface area (Å²) in [4.78, 5) is 16.1. The second-order valence-electron chi connectivity index (χ2n) is 3.67. The third-order valence-electron chi connectivity index (χ3n) is 1.80. The summed E-state index contributed by atoms with van der Waals surface area (Å²) in [6.45, 7) is -1.66. The van der Waals surface area contributed by atoms with Gasteiger partial charge in [0.1, 0.15) is 0 Å². The zero-order valence-corrected chi connectivity index (χ0v) is 12.2. The summed E-state index contributed by atoms with van der Waals surface area (Å²) in [7, 11) is 2.97. The summed E-state index contributed by atoms with van der Waals surface area (Å²) in [6.07, 6.45) is -3.12. The zero-order chi connectivity index (χ0) is 16.2. The molecule has 0 aliphatic heterocycles. The van der Waals surface area contributed by atoms with Gasteiger partial charge in [0.25, 0.3) is 10.4 Å². The van der Waals surface area contributed by atoms with Crippen LogP contribution in [-0.2, 0) is 0 Å². The second-order valence-corrected chi connectivity index (χ2v) is 5.31. The third-order valence-corrected chi connectivity index (χ3v) is 3.45. The van der Waals surface area contributed by atoms with E-state index in [2.05, 4.69) is 14.1 Å². The van der Waals surface area contributed by atoms with E-state index in [4.69, 9.17) is 0 Å². The molecule has 1 amide bonds. The van der Waals surface area contributed by atoms with Crippen LogP contribution in [0.3, 0.4) is 0 Å². The Hall–Kier alpha value is -1.43. The van der Waals surface area contributed by atoms with Crippen LogP contribution in [0.15, 0.2) is 17.1 Å². The van der Waals surface area contributed by atoms with Crippen LogP contribution in [0.4, 0.5) is 26.7 Å². The quantitative estimate of drug-likeness (QED) is 0.602. The maximum Gasteiger partial charge on any atom is 0.337 e. The van der Waals surface area contributed by atoms with Gasteiger partial charge in [0.15, 0.2) is 6.61 Å². The molecular weight excluding hydrogens is 341 g/mol. The number of rotatable bonds is 5. The van der Waals surface area contributed by atoms with Crippen molar-refractivity contribution >= 4 is 28.5 Å². The lowest BCUT2D eigenvalue weighted by Gasteiger charge is -2.12. The summed E-state index contributed by atoms with van der Waals surface area (Å²) < 4.78 is 69.9. The maximum atomic E-state index is 12.9. The first kappa shape index (κ1) is 17.6. The van der Waals surface area contributed by atoms with Gasteiger partial charge in [-0.3, -0.25) is 4.79 Å². The molecule has 0 spiro atoms. The smallest absolute Gasteiger partial charge is 0.337 e. The molecule has 1 aromatic rings. The van der Waals surface area contributed by atoms with Gasteiger partial charge < -0.3 is 9.64 Å². The highest BCUT2D eigenvalue weighted by atomic mass is 32.2. The van der Waals surface area contributed by atoms with Gasteiger partial charge in [-0.25, -0.2) is 0 Å². The van der Waals surface area contributed by atoms with Crippen molar-refractivity contribution in [1.82, 2.24) is 14.3 Å². The van der Waals surface area contributed by atoms with Crippen molar-refractivity contribution in [2.75, 3.05) is 20.7 Å². The molecule has 0 aliphatic rings. The minimum atomic E-state index is -4.47. The lowest BCUT2D eigenvalue weighted by molar-refractivity contribution is -0.0301. The molecule has 0 saturated heterocycles. The van der Waals surface area contributed by atoms with Gasteiger partial charge in [0, 0.05) is 37.4 Å². The molecule has 118 valence electrons. The highest BCUT2D eigenvalue weighted by Crippen LogP contribution is 2.31. The molecule has 1 aromatic heterocycles. The van der Waals surface area contributed by atoms with Crippen molar-refractivity contribution in [2.24, 2.45) is 0 Å². The fraction of sp³-hybridized carbons (Fsp3) is 0.444. The number of halogens is 5. The Bertz CT molecular complexity index is 545. The van der Waals surface area contributed by atoms with Crippen LogP contribution in [0.1, 0.15) is 0 Å². The van der Waals surface area contributed by atoms with Gasteiger partial charge in [-0.05, 0) is 0 Å². The van der Waals surface area contributed by atoms with Crippen LogP contribution in [0.2, 0.25) is 0 Å². The zero-order valence-electron chi connectivity index (χ0n) is 10.6. The average Bonchev–Trinajstić information content (AvgIpc) is 2.83. The van der Waals surface area contributed by atoms with Crippen molar-refractivity contribution in [1.29, 1.82) is 0 Å². The summed E-state index contributed by atoms with van der Waals surface area (Å²) >= 11 is 1.15. The molecule has 1 rings (SSSR count). The third kappa shape index (κ3) is 5.12. The number of ether oxygens (including phenoxy) is 1. The van der Waals surface area contributed by atoms with Crippen molar-refractivity contribution in [2.45, 2.75) is 11.1 Å². The number of hydrogen-bond donors (Lipinski definition) is 0. The monoisotopic (exact) mass is 349 g/mol. The van der Waals surface area contributed by atoms with Crippen LogP contribution in [0, 0.1) is 0 Å². The lowest BCUT2D eigenvalue weighted by Crippen LogP contribution is -2.27. The van der Waals surface area contributed by atoms with E-state index in [1.807, 2.05) is 0 Å². The lowest BCUT2D eigenvalue weighted by atomic mass is 10.3. The molecule has 0 N–H and O–H groups in total. The molecule has 0 fully saturated rings. The van der Waals surface area contributed by atoms with Crippen molar-refractivity contribution in [3.8, 4) is 5.19 Å². The Labute approximate surface area is 124 Å². The van der Waals surface area contributed by atoms with E-state index >= 15 is 0 Å². The summed E-state index contributed by atoms with van der Waals surface area (Å²) in [5.41, 5.74) is 0. The molecule has 5 nitrogen and oxygen atoms in total. The Kier molecular flexibility index (Phi) is 5.89. The molecule has 1 heterocycles. The van der Waals surface area contributed by atoms with E-state index in [0.717, 1.165) is 0 Å². The summed E-state index contributed by atoms with van der Waals surface area (Å²) in [6, 6.07) is 0. The predicted molar refractivity (Wildman–Crippen MR) is 65.6 cm³/mol. The van der Waals surface area contributed by atoms with Gasteiger partial charge >= 0.3 is 12.0 Å². The van der Waals surface area contributed by atoms with E-state index in [0.29, 0.717) is 23.3 Å². The number of carbonyl (C=O) groups is 1. The number of thioether (sulfide) groups is 1. The van der Waals surface area contributed by atoms with Crippen LogP contribution >= 0.6 is 23.3 Å². The number of amides is 1. The van der Waals surface area contributed by atoms with Gasteiger partial charge in [0.05, 0.1) is 0 Å². The van der Waals surface area contributed by atoms with Gasteiger partial charge in [0.2, 0.25) is 11.0 Å². The molecule has 12 heteroatoms. The van der Waals surface area contributed by atoms with Crippen molar-refractivity contribution < 1.29 is 31.5 Å². The van der Waals surface area contributed by atoms with Crippen molar-refractivity contribution in [3.63, 3.8) is 0 Å². The second kappa shape index (κ2) is 7.02. The highest BCUT2D eigenvalue weighted by Gasteiger charge is 2.40. The molecule has 21 heavy (non-hydrogen) atoms. The van der Waals surface area contributed by atoms with E-state index in [1.165, 1.54) is 19.0 Å². The first-order chi connectivity index (χ1) is 9.63. The minimum absolute atomic E-state index is 0.0512. The predicted octanol–water partition coefficient (Wildman–Crippen LogP) is 3.40. The molecule has 0 aromatic carbocycles. The molecular formula is C9H8F5N3O2S2. The van der Waals surface area contributed by atoms with Crippen LogP contribution < -0.4 is 4.74 Å². The van der Waals surface area contributed by atoms with E-state index in [9.17, 15) is 26.7 Å². The average molecular weight is 349 g/mol. The highest BCUT2D eigenvalue weighted by molar-refractivity contribution is 8.13. The normalized spacial score (nSPS) is 11.2. The maximum absolute atomic E-state index is 12.9. The SMILES string of the molecule is CN(C)C(=O)Sc1nsc(OCC(F)(F)C(F)=C(F)F)n1. The minimum Gasteiger partial charge on any atom is -0.462 e. The van der Waals surface area contributed by atoms with Gasteiger partial charge in [-0.1, -0.05) is 0 Å². The van der Waals surface area contributed by atoms with Crippen molar-refractivity contribution in [3.05, 3.63) is 11.9 Å². The first-order valence-corrected chi connectivity index (χ1v) is 6.67. The van der Waals surface area contributed by atoms with E-state index in [1.54, 1.807) is 0 Å². The van der Waals surface area contributed by atoms with Gasteiger partial charge in [-0.2, -0.15) is 31.3 Å². The molecule has 0 atom stereocenters. The fourth-order valence-electron chi connectivity index (χ4n) is 0.820. The Morgan fingerprint density at radius 1 is 1.38 bits per heavy atom. The Morgan fingerprint density at radius 2 is 2.00 bits per heavy atom. The van der Waals surface area contributed by atoms with E-state index < -0.39 is 34.9 Å². The topological polar surface area (TPSA) is 55.3 Å². The molecule has 0 aliphatic carbocycles. The Morgan fingerprint density at radius 3 is 2.52 bits per heavy atom. The number of carbonyl (C=O) groups excluding carboxylic acids is 1. The Balaban J connectivity index is 2.64. The van der Waals surface area contributed by atoms with Crippen LogP contribution in [0.5, 0.6) is 5.19 Å². The first-order valence-electron chi connectivity index (χ1n) is 5.08. The molecule has 0 radical (unpaired) electrons. The number of nitrogens with zero attached hydrogens (tertiary/aromatic N) is 3. The largest absolute Gasteiger partial charge is 0.462 e. The fourth-order valence-corrected chi connectivity index (χ4v) is 2.04. The van der Waals surface area contributed by atoms with E-state index in [-0.39, 0.29) is 5.16 Å². The summed E-state index contributed by atoms with van der Waals surface area (Å²) in [5.74, 6) is -7.33. The van der Waals surface area contributed by atoms with Crippen LogP contribution in [-0.4, -0.2) is 46.1 Å².